The first-order chi connectivity index (χ1) is 3.92. The van der Waals surface area contributed by atoms with Gasteiger partial charge in [-0.1, -0.05) is 40.4 Å². The first kappa shape index (κ1) is 9.61. The fourth-order valence-electron chi connectivity index (χ4n) is 0.355. The molecule has 0 fully saturated rings. The molecule has 0 rings (SSSR count). The van der Waals surface area contributed by atoms with Crippen LogP contribution in [0.1, 0.15) is 19.8 Å². The van der Waals surface area contributed by atoms with Gasteiger partial charge in [0.25, 0.3) is 0 Å². The van der Waals surface area contributed by atoms with Crippen LogP contribution in [0.15, 0.2) is 12.2 Å². The second-order valence-electron chi connectivity index (χ2n) is 2.07. The highest BCUT2D eigenvalue weighted by molar-refractivity contribution is 6.67. The molecule has 0 aromatic heterocycles. The molecule has 9 heavy (non-hydrogen) atoms. The molecule has 0 atom stereocenters. The Kier molecular flexibility index (Phi) is 3.95. The molecule has 0 spiro atoms. The summed E-state index contributed by atoms with van der Waals surface area (Å²) in [5, 5.41) is 0. The summed E-state index contributed by atoms with van der Waals surface area (Å²) in [7, 11) is 0. The van der Waals surface area contributed by atoms with E-state index in [4.69, 9.17) is 34.8 Å². The molecule has 0 aromatic carbocycles. The van der Waals surface area contributed by atoms with E-state index in [9.17, 15) is 0 Å². The Morgan fingerprint density at radius 1 is 1.44 bits per heavy atom. The van der Waals surface area contributed by atoms with Crippen LogP contribution in [0.4, 0.5) is 0 Å². The lowest BCUT2D eigenvalue weighted by atomic mass is 10.2. The standard InChI is InChI=1S/C6H9Cl3/c1-5(2)3-4-6(7,8)9/h1,3-4H2,2H3. The van der Waals surface area contributed by atoms with Gasteiger partial charge in [-0.2, -0.15) is 0 Å². The fourth-order valence-corrected chi connectivity index (χ4v) is 0.639. The van der Waals surface area contributed by atoms with Crippen LogP contribution in [0, 0.1) is 0 Å². The SMILES string of the molecule is C=C(C)CCC(Cl)(Cl)Cl. The van der Waals surface area contributed by atoms with Gasteiger partial charge in [0.15, 0.2) is 3.79 Å². The number of hydrogen-bond acceptors (Lipinski definition) is 0. The van der Waals surface area contributed by atoms with Crippen LogP contribution >= 0.6 is 34.8 Å². The van der Waals surface area contributed by atoms with Crippen molar-refractivity contribution in [1.82, 2.24) is 0 Å². The summed E-state index contributed by atoms with van der Waals surface area (Å²) in [5.41, 5.74) is 1.04. The summed E-state index contributed by atoms with van der Waals surface area (Å²) in [6, 6.07) is 0. The molecule has 54 valence electrons. The molecule has 0 radical (unpaired) electrons. The summed E-state index contributed by atoms with van der Waals surface area (Å²) in [4.78, 5) is 0. The van der Waals surface area contributed by atoms with Crippen LogP contribution in [-0.2, 0) is 0 Å². The minimum absolute atomic E-state index is 0.549. The van der Waals surface area contributed by atoms with Crippen molar-refractivity contribution < 1.29 is 0 Å². The first-order valence-electron chi connectivity index (χ1n) is 2.63. The van der Waals surface area contributed by atoms with Gasteiger partial charge in [0.1, 0.15) is 0 Å². The van der Waals surface area contributed by atoms with Crippen molar-refractivity contribution in [3.05, 3.63) is 12.2 Å². The van der Waals surface area contributed by atoms with Gasteiger partial charge in [-0.3, -0.25) is 0 Å². The normalized spacial score (nSPS) is 11.6. The van der Waals surface area contributed by atoms with Gasteiger partial charge < -0.3 is 0 Å². The van der Waals surface area contributed by atoms with E-state index in [1.807, 2.05) is 6.92 Å². The van der Waals surface area contributed by atoms with E-state index in [1.54, 1.807) is 0 Å². The smallest absolute Gasteiger partial charge is 0.100 e. The molecule has 0 bridgehead atoms. The van der Waals surface area contributed by atoms with Gasteiger partial charge >= 0.3 is 0 Å². The number of rotatable bonds is 2. The van der Waals surface area contributed by atoms with E-state index in [1.165, 1.54) is 0 Å². The van der Waals surface area contributed by atoms with Crippen LogP contribution in [0.3, 0.4) is 0 Å². The highest BCUT2D eigenvalue weighted by atomic mass is 35.6. The summed E-state index contributed by atoms with van der Waals surface area (Å²) in [5.74, 6) is 0. The second-order valence-corrected chi connectivity index (χ2v) is 4.59. The van der Waals surface area contributed by atoms with Gasteiger partial charge in [-0.05, 0) is 19.8 Å². The minimum Gasteiger partial charge on any atom is -0.100 e. The third-order valence-electron chi connectivity index (χ3n) is 0.835. The molecular formula is C6H9Cl3. The number of alkyl halides is 3. The fraction of sp³-hybridized carbons (Fsp3) is 0.667. The average Bonchev–Trinajstić information content (AvgIpc) is 1.59. The van der Waals surface area contributed by atoms with E-state index in [0.29, 0.717) is 6.42 Å². The Bertz CT molecular complexity index is 101. The van der Waals surface area contributed by atoms with Crippen molar-refractivity contribution in [2.45, 2.75) is 23.6 Å². The van der Waals surface area contributed by atoms with Crippen molar-refractivity contribution in [2.75, 3.05) is 0 Å². The zero-order valence-corrected chi connectivity index (χ0v) is 7.52. The highest BCUT2D eigenvalue weighted by Crippen LogP contribution is 2.32. The Morgan fingerprint density at radius 2 is 1.89 bits per heavy atom. The molecule has 0 saturated heterocycles. The quantitative estimate of drug-likeness (QED) is 0.457. The van der Waals surface area contributed by atoms with Crippen LogP contribution in [0.5, 0.6) is 0 Å². The van der Waals surface area contributed by atoms with Gasteiger partial charge in [-0.15, -0.1) is 6.58 Å². The molecular weight excluding hydrogens is 178 g/mol. The van der Waals surface area contributed by atoms with Gasteiger partial charge in [-0.25, -0.2) is 0 Å². The molecule has 0 aliphatic carbocycles. The van der Waals surface area contributed by atoms with Crippen molar-refractivity contribution in [1.29, 1.82) is 0 Å². The Balaban J connectivity index is 3.39. The Hall–Kier alpha value is 0.610. The van der Waals surface area contributed by atoms with Crippen LogP contribution in [-0.4, -0.2) is 3.79 Å². The number of hydrogen-bond donors (Lipinski definition) is 0. The molecule has 0 amide bonds. The predicted octanol–water partition coefficient (Wildman–Crippen LogP) is 3.71. The van der Waals surface area contributed by atoms with E-state index in [0.717, 1.165) is 12.0 Å². The maximum absolute atomic E-state index is 5.47. The van der Waals surface area contributed by atoms with E-state index < -0.39 is 3.79 Å². The maximum atomic E-state index is 5.47. The van der Waals surface area contributed by atoms with Crippen molar-refractivity contribution in [2.24, 2.45) is 0 Å². The lowest BCUT2D eigenvalue weighted by Gasteiger charge is -2.08. The maximum Gasteiger partial charge on any atom is 0.190 e. The Labute approximate surface area is 70.8 Å². The third-order valence-corrected chi connectivity index (χ3v) is 1.40. The zero-order valence-electron chi connectivity index (χ0n) is 5.26. The van der Waals surface area contributed by atoms with Crippen molar-refractivity contribution >= 4 is 34.8 Å². The molecule has 0 aromatic rings. The molecule has 0 N–H and O–H groups in total. The summed E-state index contributed by atoms with van der Waals surface area (Å²) >= 11 is 16.4. The van der Waals surface area contributed by atoms with Gasteiger partial charge in [0.05, 0.1) is 0 Å². The molecule has 0 aliphatic rings. The minimum atomic E-state index is -1.11. The molecule has 0 unspecified atom stereocenters. The zero-order chi connectivity index (χ0) is 7.49. The lowest BCUT2D eigenvalue weighted by molar-refractivity contribution is 0.843. The van der Waals surface area contributed by atoms with Crippen LogP contribution < -0.4 is 0 Å². The summed E-state index contributed by atoms with van der Waals surface area (Å²) in [6.45, 7) is 5.60. The van der Waals surface area contributed by atoms with E-state index in [-0.39, 0.29) is 0 Å². The van der Waals surface area contributed by atoms with Gasteiger partial charge in [0.2, 0.25) is 0 Å². The Morgan fingerprint density at radius 3 is 2.00 bits per heavy atom. The number of allylic oxidation sites excluding steroid dienone is 1. The average molecular weight is 187 g/mol. The van der Waals surface area contributed by atoms with Crippen LogP contribution in [0.2, 0.25) is 0 Å². The largest absolute Gasteiger partial charge is 0.190 e. The van der Waals surface area contributed by atoms with E-state index >= 15 is 0 Å². The third kappa shape index (κ3) is 8.61. The van der Waals surface area contributed by atoms with Gasteiger partial charge in [0, 0.05) is 0 Å². The number of halogens is 3. The molecule has 0 nitrogen and oxygen atoms in total. The van der Waals surface area contributed by atoms with Crippen molar-refractivity contribution in [3.63, 3.8) is 0 Å². The molecule has 0 saturated carbocycles. The summed E-state index contributed by atoms with van der Waals surface area (Å²) in [6.07, 6.45) is 1.32. The topological polar surface area (TPSA) is 0 Å². The van der Waals surface area contributed by atoms with Crippen molar-refractivity contribution in [3.8, 4) is 0 Å². The highest BCUT2D eigenvalue weighted by Gasteiger charge is 2.18. The van der Waals surface area contributed by atoms with E-state index in [2.05, 4.69) is 6.58 Å². The summed E-state index contributed by atoms with van der Waals surface area (Å²) < 4.78 is -1.11. The first-order valence-corrected chi connectivity index (χ1v) is 3.76. The predicted molar refractivity (Wildman–Crippen MR) is 44.3 cm³/mol. The molecule has 3 heteroatoms. The molecule has 0 aliphatic heterocycles. The second kappa shape index (κ2) is 3.70. The lowest BCUT2D eigenvalue weighted by Crippen LogP contribution is -2.00. The monoisotopic (exact) mass is 186 g/mol. The van der Waals surface area contributed by atoms with Crippen LogP contribution in [0.25, 0.3) is 0 Å². The molecule has 0 heterocycles.